The Labute approximate surface area is 571 Å². The van der Waals surface area contributed by atoms with Crippen molar-refractivity contribution < 1.29 is 102 Å². The van der Waals surface area contributed by atoms with Gasteiger partial charge in [0, 0.05) is 72.6 Å². The minimum absolute atomic E-state index is 0.00160. The highest BCUT2D eigenvalue weighted by molar-refractivity contribution is 6.13. The molecule has 33 nitrogen and oxygen atoms in total. The zero-order chi connectivity index (χ0) is 71.7. The number of unbranched alkanes of at least 4 members (excludes halogenated alkanes) is 2. The van der Waals surface area contributed by atoms with Crippen LogP contribution in [0.1, 0.15) is 112 Å². The van der Waals surface area contributed by atoms with Crippen molar-refractivity contribution in [3.8, 4) is 22.9 Å². The molecule has 7 heterocycles. The first-order valence-electron chi connectivity index (χ1n) is 33.0. The monoisotopic (exact) mass is 1390 g/mol. The molecule has 100 heavy (non-hydrogen) atoms. The van der Waals surface area contributed by atoms with Gasteiger partial charge < -0.3 is 96.3 Å². The van der Waals surface area contributed by atoms with E-state index in [1.807, 2.05) is 0 Å². The number of ether oxygens (including phenoxy) is 5. The van der Waals surface area contributed by atoms with Crippen LogP contribution in [0.4, 0.5) is 0 Å². The van der Waals surface area contributed by atoms with E-state index in [0.29, 0.717) is 65.2 Å². The highest BCUT2D eigenvalue weighted by atomic mass is 16.7. The molecule has 10 rings (SSSR count). The van der Waals surface area contributed by atoms with E-state index >= 15 is 0 Å². The molecule has 1 aliphatic carbocycles. The Hall–Kier alpha value is -9.77. The summed E-state index contributed by atoms with van der Waals surface area (Å²) in [5, 5.41) is 72.9. The summed E-state index contributed by atoms with van der Waals surface area (Å²) in [5.41, 5.74) is 0.820. The molecule has 33 heteroatoms. The molecule has 0 bridgehead atoms. The molecule has 10 amide bonds. The van der Waals surface area contributed by atoms with Crippen LogP contribution in [0.3, 0.4) is 0 Å². The van der Waals surface area contributed by atoms with Gasteiger partial charge in [0.15, 0.2) is 17.1 Å². The summed E-state index contributed by atoms with van der Waals surface area (Å²) in [6, 6.07) is 8.67. The van der Waals surface area contributed by atoms with Crippen molar-refractivity contribution in [1.29, 1.82) is 0 Å². The summed E-state index contributed by atoms with van der Waals surface area (Å²) in [7, 11) is 0. The van der Waals surface area contributed by atoms with Crippen LogP contribution < -0.4 is 57.6 Å². The Kier molecular flexibility index (Phi) is 23.1. The van der Waals surface area contributed by atoms with Crippen molar-refractivity contribution >= 4 is 75.9 Å². The van der Waals surface area contributed by atoms with Crippen LogP contribution in [0.25, 0.3) is 22.3 Å². The zero-order valence-corrected chi connectivity index (χ0v) is 55.2. The molecule has 0 unspecified atom stereocenters. The summed E-state index contributed by atoms with van der Waals surface area (Å²) in [6.07, 6.45) is -4.01. The largest absolute Gasteiger partial charge is 0.458 e. The van der Waals surface area contributed by atoms with Gasteiger partial charge in [-0.25, -0.2) is 9.78 Å². The van der Waals surface area contributed by atoms with Crippen LogP contribution in [0.2, 0.25) is 0 Å². The molecule has 0 radical (unpaired) electrons. The smallest absolute Gasteiger partial charge is 0.343 e. The van der Waals surface area contributed by atoms with E-state index in [4.69, 9.17) is 28.7 Å². The Balaban J connectivity index is 0.693. The Morgan fingerprint density at radius 1 is 0.750 bits per heavy atom. The van der Waals surface area contributed by atoms with Crippen molar-refractivity contribution in [2.75, 3.05) is 59.5 Å². The van der Waals surface area contributed by atoms with E-state index in [0.717, 1.165) is 33.6 Å². The molecule has 5 aliphatic heterocycles. The van der Waals surface area contributed by atoms with Gasteiger partial charge in [-0.1, -0.05) is 43.7 Å². The summed E-state index contributed by atoms with van der Waals surface area (Å²) >= 11 is 0. The van der Waals surface area contributed by atoms with E-state index in [-0.39, 0.29) is 89.6 Å². The molecule has 2 aromatic carbocycles. The number of aromatic nitrogens is 2. The van der Waals surface area contributed by atoms with E-state index in [1.54, 1.807) is 63.2 Å². The maximum atomic E-state index is 14.3. The number of rotatable bonds is 31. The number of carbonyl (C=O) groups excluding carboxylic acids is 11. The summed E-state index contributed by atoms with van der Waals surface area (Å²) in [5.74, 6) is -6.46. The number of hydrogen-bond acceptors (Lipinski definition) is 23. The number of imide groups is 1. The number of hydrogen-bond donors (Lipinski definition) is 13. The molecule has 9 atom stereocenters. The topological polar surface area (TPSA) is 469 Å². The molecule has 1 fully saturated rings. The number of aliphatic hydroxyl groups excluding tert-OH is 4. The predicted octanol–water partition coefficient (Wildman–Crippen LogP) is -3.19. The number of amides is 10. The SMILES string of the molecule is CC[C@@]1(O)C(=O)OCc2c1cc1n(c2=O)Cc2c-1nc1cc3c(c4c1c2[C@@H](NC(=O)C(C)(C)COCNC(=O)CNC(=O)[C@H](Cc1ccccc1)NC(=O)CNC(=O)CNC(=O)[C@H](CCC(=O)NC[C@@H]1O[C@H](CO)[C@@H](O)[C@H](O)[C@H]1O)NC(=O)CCCCCN1C(=O)C=CC1=O)CC4)OCO3. The first-order chi connectivity index (χ1) is 47.8. The molecule has 0 spiro atoms. The van der Waals surface area contributed by atoms with Crippen molar-refractivity contribution in [3.05, 3.63) is 98.4 Å². The number of esters is 1. The normalized spacial score (nSPS) is 21.4. The fourth-order valence-electron chi connectivity index (χ4n) is 12.8. The summed E-state index contributed by atoms with van der Waals surface area (Å²) in [4.78, 5) is 164. The Bertz CT molecular complexity index is 3950. The fraction of sp³-hybridized carbons (Fsp3) is 0.507. The first-order valence-corrected chi connectivity index (χ1v) is 33.0. The second-order valence-corrected chi connectivity index (χ2v) is 25.8. The minimum atomic E-state index is -2.05. The second kappa shape index (κ2) is 31.6. The van der Waals surface area contributed by atoms with Gasteiger partial charge in [0.2, 0.25) is 54.1 Å². The molecule has 13 N–H and O–H groups in total. The van der Waals surface area contributed by atoms with Crippen LogP contribution >= 0.6 is 0 Å². The van der Waals surface area contributed by atoms with Gasteiger partial charge in [0.05, 0.1) is 73.3 Å². The second-order valence-electron chi connectivity index (χ2n) is 25.8. The third-order valence-corrected chi connectivity index (χ3v) is 18.5. The Morgan fingerprint density at radius 2 is 1.44 bits per heavy atom. The standard InChI is InChI=1S/C67H81N11O22/c1-4-67(95)38-22-43-56-36(28-78(43)63(92)37(38)30-97-65(67)94)55-39(15-14-35-54(55)41(75-56)23-44-60(35)99-33-98-44)76-64(93)66(2,3)31-96-32-72-50(83)26-71-62(91)42(21-34-11-7-5-8-12-34)74-51(84)27-69-49(82)25-70-61(90)40(73-48(81)13-9-6-10-20-77-52(85)18-19-53(77)86)16-17-47(80)68-24-45-57(87)59(89)58(88)46(29-79)100-45/h5,7-8,11-12,18-19,22-23,39-40,42,45-46,57-59,79,87-89,95H,4,6,9-10,13-17,20-21,24-33H2,1-3H3,(H,68,80)(H,69,82)(H,70,90)(H,71,91)(H,72,83)(H,73,81)(H,74,84)(H,76,93)/t39-,40-,42-,45-,46+,57-,58+,59+,67-/m0/s1. The quantitative estimate of drug-likeness (QED) is 0.00900. The van der Waals surface area contributed by atoms with Crippen molar-refractivity contribution in [2.24, 2.45) is 5.41 Å². The van der Waals surface area contributed by atoms with Gasteiger partial charge in [-0.15, -0.1) is 0 Å². The summed E-state index contributed by atoms with van der Waals surface area (Å²) < 4.78 is 29.8. The first kappa shape index (κ1) is 73.0. The van der Waals surface area contributed by atoms with Crippen LogP contribution in [0.5, 0.6) is 11.5 Å². The number of nitrogens with zero attached hydrogens (tertiary/aromatic N) is 3. The molecule has 2 aromatic heterocycles. The number of aryl methyl sites for hydroxylation is 1. The molecule has 6 aliphatic rings. The summed E-state index contributed by atoms with van der Waals surface area (Å²) in [6.45, 7) is 1.23. The number of nitrogens with one attached hydrogen (secondary N) is 8. The van der Waals surface area contributed by atoms with E-state index in [2.05, 4.69) is 42.5 Å². The molecule has 536 valence electrons. The maximum absolute atomic E-state index is 14.3. The lowest BCUT2D eigenvalue weighted by atomic mass is 9.82. The molecular weight excluding hydrogens is 1310 g/mol. The van der Waals surface area contributed by atoms with E-state index in [1.165, 1.54) is 4.57 Å². The number of fused-ring (bicyclic) bond motifs is 7. The molecular formula is C67H81N11O22. The average Bonchev–Trinajstić information content (AvgIpc) is 1.49. The minimum Gasteiger partial charge on any atom is -0.458 e. The third kappa shape index (κ3) is 16.3. The van der Waals surface area contributed by atoms with Crippen molar-refractivity contribution in [2.45, 2.75) is 152 Å². The number of benzene rings is 2. The molecule has 0 saturated carbocycles. The Morgan fingerprint density at radius 3 is 2.16 bits per heavy atom. The van der Waals surface area contributed by atoms with Gasteiger partial charge in [0.25, 0.3) is 17.4 Å². The number of pyridine rings is 2. The fourth-order valence-corrected chi connectivity index (χ4v) is 12.8. The van der Waals surface area contributed by atoms with E-state index < -0.39 is 163 Å². The molecule has 1 saturated heterocycles. The van der Waals surface area contributed by atoms with Crippen molar-refractivity contribution in [1.82, 2.24) is 57.0 Å². The van der Waals surface area contributed by atoms with Gasteiger partial charge in [-0.05, 0) is 69.6 Å². The lowest BCUT2D eigenvalue weighted by Gasteiger charge is -2.40. The molecule has 4 aromatic rings. The van der Waals surface area contributed by atoms with Gasteiger partial charge in [-0.2, -0.15) is 0 Å². The predicted molar refractivity (Wildman–Crippen MR) is 346 cm³/mol. The van der Waals surface area contributed by atoms with Crippen LogP contribution in [0.15, 0.2) is 59.4 Å². The number of carbonyl (C=O) groups is 11. The third-order valence-electron chi connectivity index (χ3n) is 18.5. The van der Waals surface area contributed by atoms with Gasteiger partial charge >= 0.3 is 5.97 Å². The van der Waals surface area contributed by atoms with E-state index in [9.17, 15) is 83.1 Å². The highest BCUT2D eigenvalue weighted by Gasteiger charge is 2.47. The van der Waals surface area contributed by atoms with Gasteiger partial charge in [-0.3, -0.25) is 57.6 Å². The zero-order valence-electron chi connectivity index (χ0n) is 55.2. The maximum Gasteiger partial charge on any atom is 0.343 e. The van der Waals surface area contributed by atoms with Gasteiger partial charge in [0.1, 0.15) is 55.9 Å². The van der Waals surface area contributed by atoms with Crippen LogP contribution in [-0.4, -0.2) is 207 Å². The lowest BCUT2D eigenvalue weighted by Crippen LogP contribution is -2.60. The van der Waals surface area contributed by atoms with Crippen LogP contribution in [-0.2, 0) is 98.5 Å². The highest BCUT2D eigenvalue weighted by Crippen LogP contribution is 2.50. The number of cyclic esters (lactones) is 1. The average molecular weight is 1390 g/mol. The van der Waals surface area contributed by atoms with Crippen LogP contribution in [0, 0.1) is 5.41 Å². The van der Waals surface area contributed by atoms with Crippen molar-refractivity contribution in [3.63, 3.8) is 0 Å². The number of aliphatic hydroxyl groups is 5. The lowest BCUT2D eigenvalue weighted by molar-refractivity contribution is -0.227.